The highest BCUT2D eigenvalue weighted by molar-refractivity contribution is 5.77. The van der Waals surface area contributed by atoms with E-state index < -0.39 is 240 Å². The summed E-state index contributed by atoms with van der Waals surface area (Å²) in [6.07, 6.45) is -51.6. The highest BCUT2D eigenvalue weighted by Crippen LogP contribution is 2.66. The van der Waals surface area contributed by atoms with Gasteiger partial charge in [-0.1, -0.05) is 19.9 Å². The van der Waals surface area contributed by atoms with Crippen LogP contribution in [0.5, 0.6) is 0 Å². The van der Waals surface area contributed by atoms with E-state index in [4.69, 9.17) is 56.8 Å². The maximum Gasteiger partial charge on any atom is 0.314 e. The molecule has 0 spiro atoms. The Balaban J connectivity index is 0.950. The third-order valence-corrected chi connectivity index (χ3v) is 20.9. The number of hydrogen-bond donors (Lipinski definition) is 19. The fourth-order valence-corrected chi connectivity index (χ4v) is 15.9. The summed E-state index contributed by atoms with van der Waals surface area (Å²) < 4.78 is 73.5. The lowest BCUT2D eigenvalue weighted by Gasteiger charge is -2.57. The van der Waals surface area contributed by atoms with Gasteiger partial charge in [0.1, 0.15) is 134 Å². The maximum absolute atomic E-state index is 15.5. The molecule has 19 N–H and O–H groups in total. The van der Waals surface area contributed by atoms with Crippen molar-refractivity contribution in [2.45, 2.75) is 256 Å². The van der Waals surface area contributed by atoms with Crippen LogP contribution >= 0.6 is 0 Å². The molecule has 0 aromatic heterocycles. The van der Waals surface area contributed by atoms with Crippen LogP contribution in [0.15, 0.2) is 12.2 Å². The van der Waals surface area contributed by atoms with Crippen molar-refractivity contribution in [2.75, 3.05) is 33.0 Å². The van der Waals surface area contributed by atoms with E-state index in [9.17, 15) is 97.0 Å². The van der Waals surface area contributed by atoms with Crippen molar-refractivity contribution in [1.29, 1.82) is 0 Å². The van der Waals surface area contributed by atoms with E-state index in [2.05, 4.69) is 6.58 Å². The van der Waals surface area contributed by atoms with Crippen molar-refractivity contribution < 1.29 is 159 Å². The molecule has 0 amide bonds. The van der Waals surface area contributed by atoms with Gasteiger partial charge in [0.2, 0.25) is 6.29 Å². The van der Waals surface area contributed by atoms with Gasteiger partial charge in [-0.15, -0.1) is 0 Å². The van der Waals surface area contributed by atoms with E-state index in [1.165, 1.54) is 6.92 Å². The molecule has 11 aliphatic rings. The van der Waals surface area contributed by atoms with Crippen molar-refractivity contribution in [3.63, 3.8) is 0 Å². The SMILES string of the molecule is C=C1CC2C3CC4C(CCC[C@@]4(C)C(=O)O[C@@H]4O[C@H](CO)[C@@H](O)[C@H](O[C@@H]5O[C@H](CO)[C@@H](O)[C@H](O)[C@H]5O)[C@H]4O[C@@H]4O[C@@H](C)[C@H](O)[C@@H](O)[C@H]4O)C2[C@@H](C)C[C@]1(O[C@@H]1O[C@H](CO)[C@@H](O)[C@H](O[C@@H]2O[C@H](CO)[C@@H](O)[C@H](O)[C@H]2O)[C@H]1O[C@@H]1O[C@H](CO)[C@@H](O)[C@H](O)[C@H]1O)C3. The minimum Gasteiger partial charge on any atom is -0.432 e. The molecule has 32 heteroatoms. The molecule has 0 aromatic rings. The van der Waals surface area contributed by atoms with Gasteiger partial charge < -0.3 is 154 Å². The number of fused-ring (bicyclic) bond motifs is 3. The molecule has 5 aliphatic carbocycles. The number of rotatable bonds is 17. The van der Waals surface area contributed by atoms with Gasteiger partial charge >= 0.3 is 5.97 Å². The van der Waals surface area contributed by atoms with E-state index >= 15 is 4.79 Å². The van der Waals surface area contributed by atoms with Gasteiger partial charge in [-0.2, -0.15) is 0 Å². The van der Waals surface area contributed by atoms with E-state index in [0.29, 0.717) is 31.3 Å². The number of esters is 1. The van der Waals surface area contributed by atoms with Gasteiger partial charge in [0.15, 0.2) is 37.6 Å². The molecule has 0 radical (unpaired) electrons. The van der Waals surface area contributed by atoms with E-state index in [1.807, 2.05) is 6.92 Å². The van der Waals surface area contributed by atoms with Crippen molar-refractivity contribution >= 4 is 5.97 Å². The minimum absolute atomic E-state index is 0.0196. The predicted molar refractivity (Wildman–Crippen MR) is 283 cm³/mol. The summed E-state index contributed by atoms with van der Waals surface area (Å²) in [7, 11) is 0. The third-order valence-electron chi connectivity index (χ3n) is 20.9. The van der Waals surface area contributed by atoms with E-state index in [-0.39, 0.29) is 48.9 Å². The topological polar surface area (TPSA) is 512 Å². The third kappa shape index (κ3) is 12.4. The first-order valence-corrected chi connectivity index (χ1v) is 30.4. The smallest absolute Gasteiger partial charge is 0.314 e. The first-order chi connectivity index (χ1) is 41.7. The fourth-order valence-electron chi connectivity index (χ4n) is 15.9. The number of carbonyl (C=O) groups is 1. The lowest BCUT2D eigenvalue weighted by molar-refractivity contribution is -0.400. The summed E-state index contributed by atoms with van der Waals surface area (Å²) in [5, 5.41) is 205. The van der Waals surface area contributed by atoms with Crippen LogP contribution in [0.3, 0.4) is 0 Å². The fraction of sp³-hybridized carbons (Fsp3) is 0.946. The molecule has 6 saturated heterocycles. The summed E-state index contributed by atoms with van der Waals surface area (Å²) in [5.74, 6) is -2.02. The molecule has 5 saturated carbocycles. The van der Waals surface area contributed by atoms with Crippen molar-refractivity contribution in [2.24, 2.45) is 40.9 Å². The summed E-state index contributed by atoms with van der Waals surface area (Å²) in [6.45, 7) is 5.28. The van der Waals surface area contributed by atoms with Crippen LogP contribution in [0.2, 0.25) is 0 Å². The van der Waals surface area contributed by atoms with Crippen LogP contribution in [-0.4, -0.2) is 326 Å². The zero-order chi connectivity index (χ0) is 63.9. The van der Waals surface area contributed by atoms with E-state index in [0.717, 1.165) is 0 Å². The second-order valence-electron chi connectivity index (χ2n) is 26.1. The molecular formula is C56H90O32. The summed E-state index contributed by atoms with van der Waals surface area (Å²) in [5.41, 5.74) is -2.06. The molecule has 88 heavy (non-hydrogen) atoms. The van der Waals surface area contributed by atoms with Crippen LogP contribution in [0.4, 0.5) is 0 Å². The van der Waals surface area contributed by atoms with Crippen LogP contribution in [0.1, 0.15) is 65.7 Å². The molecular weight excluding hydrogens is 1180 g/mol. The molecule has 506 valence electrons. The Morgan fingerprint density at radius 2 is 0.886 bits per heavy atom. The van der Waals surface area contributed by atoms with Gasteiger partial charge in [0.05, 0.1) is 50.2 Å². The second-order valence-corrected chi connectivity index (χ2v) is 26.1. The zero-order valence-corrected chi connectivity index (χ0v) is 48.8. The number of carbonyl (C=O) groups excluding carboxylic acids is 1. The lowest BCUT2D eigenvalue weighted by atomic mass is 9.48. The molecule has 6 heterocycles. The average molecular weight is 1280 g/mol. The van der Waals surface area contributed by atoms with Gasteiger partial charge in [0.25, 0.3) is 0 Å². The summed E-state index contributed by atoms with van der Waals surface area (Å²) in [6, 6.07) is 0. The normalized spacial score (nSPS) is 55.0. The van der Waals surface area contributed by atoms with Gasteiger partial charge in [-0.25, -0.2) is 0 Å². The van der Waals surface area contributed by atoms with Crippen LogP contribution < -0.4 is 0 Å². The first kappa shape index (κ1) is 68.9. The molecule has 4 bridgehead atoms. The van der Waals surface area contributed by atoms with Crippen molar-refractivity contribution in [3.05, 3.63) is 12.2 Å². The Kier molecular flexibility index (Phi) is 21.4. The van der Waals surface area contributed by atoms with Gasteiger partial charge in [0, 0.05) is 0 Å². The number of hydrogen-bond acceptors (Lipinski definition) is 32. The summed E-state index contributed by atoms with van der Waals surface area (Å²) in [4.78, 5) is 15.5. The molecule has 5 unspecified atom stereocenters. The molecule has 0 aromatic carbocycles. The van der Waals surface area contributed by atoms with Gasteiger partial charge in [-0.05, 0) is 93.5 Å². The quantitative estimate of drug-likeness (QED) is 0.0365. The Hall–Kier alpha value is -1.99. The minimum atomic E-state index is -2.04. The highest BCUT2D eigenvalue weighted by Gasteiger charge is 2.65. The molecule has 11 rings (SSSR count). The van der Waals surface area contributed by atoms with Crippen LogP contribution in [0.25, 0.3) is 0 Å². The molecule has 38 atom stereocenters. The second kappa shape index (κ2) is 27.4. The van der Waals surface area contributed by atoms with Crippen LogP contribution in [0, 0.1) is 40.9 Å². The van der Waals surface area contributed by atoms with Crippen molar-refractivity contribution in [1.82, 2.24) is 0 Å². The predicted octanol–water partition coefficient (Wildman–Crippen LogP) is -8.73. The Morgan fingerprint density at radius 3 is 1.35 bits per heavy atom. The number of aliphatic hydroxyl groups excluding tert-OH is 19. The van der Waals surface area contributed by atoms with E-state index in [1.54, 1.807) is 6.92 Å². The monoisotopic (exact) mass is 1270 g/mol. The summed E-state index contributed by atoms with van der Waals surface area (Å²) >= 11 is 0. The Labute approximate surface area is 505 Å². The molecule has 11 fully saturated rings. The molecule has 6 aliphatic heterocycles. The maximum atomic E-state index is 15.5. The first-order valence-electron chi connectivity index (χ1n) is 30.4. The van der Waals surface area contributed by atoms with Crippen molar-refractivity contribution in [3.8, 4) is 0 Å². The van der Waals surface area contributed by atoms with Gasteiger partial charge in [-0.3, -0.25) is 4.79 Å². The zero-order valence-electron chi connectivity index (χ0n) is 48.8. The lowest BCUT2D eigenvalue weighted by Crippen LogP contribution is -2.68. The molecule has 32 nitrogen and oxygen atoms in total. The standard InChI is InChI=1S/C56H90O32/c1-17-10-56(88-53-47(86-51-43(75)39(71)33(65)26(14-59)80-51)45(35(67)28(16-61)82-53)84-50-42(74)38(70)32(64)25(13-58)79-50)11-20-9-23-21(29(17)22(20)8-18(56)2)6-5-7-55(23,4)54(76)87-52-46(85-48-40(72)36(68)30(62)19(3)77-48)44(34(66)27(15-60)81-52)83-49-41(73)37(69)31(63)24(12-57)78-49/h17,19-53,57-75H,2,5-16H2,1,3-4H3/t17-,19-,20?,21?,22?,23?,24+,25+,26+,27+,28+,29?,30-,31+,32+,33+,34+,35+,36+,37-,38-,39-,40+,41+,42+,43+,44-,45-,46+,47+,48-,49-,50-,51-,52-,53-,55+,56-/m0/s1. The Morgan fingerprint density at radius 1 is 0.489 bits per heavy atom. The highest BCUT2D eigenvalue weighted by atomic mass is 16.8. The average Bonchev–Trinajstić information content (AvgIpc) is 1.46. The largest absolute Gasteiger partial charge is 0.432 e. The number of ether oxygens (including phenoxy) is 12. The number of aliphatic hydroxyl groups is 19. The van der Waals surface area contributed by atoms with Crippen LogP contribution in [-0.2, 0) is 61.6 Å². The Bertz CT molecular complexity index is 2340.